The van der Waals surface area contributed by atoms with Crippen molar-refractivity contribution >= 4 is 44.2 Å². The highest BCUT2D eigenvalue weighted by Gasteiger charge is 2.13. The van der Waals surface area contributed by atoms with Gasteiger partial charge in [0.2, 0.25) is 0 Å². The van der Waals surface area contributed by atoms with Gasteiger partial charge < -0.3 is 4.74 Å². The molecule has 0 saturated heterocycles. The maximum atomic E-state index is 12.3. The molecule has 0 aliphatic heterocycles. The van der Waals surface area contributed by atoms with Crippen molar-refractivity contribution in [2.45, 2.75) is 6.92 Å². The van der Waals surface area contributed by atoms with Crippen LogP contribution in [0.2, 0.25) is 5.02 Å². The number of aromatic nitrogens is 1. The number of hydrogen-bond donors (Lipinski definition) is 1. The van der Waals surface area contributed by atoms with E-state index in [-0.39, 0.29) is 5.91 Å². The summed E-state index contributed by atoms with van der Waals surface area (Å²) in [6.45, 7) is 1.90. The fourth-order valence-corrected chi connectivity index (χ4v) is 3.24. The zero-order valence-electron chi connectivity index (χ0n) is 12.0. The van der Waals surface area contributed by atoms with Crippen LogP contribution in [0.25, 0.3) is 10.2 Å². The molecule has 4 nitrogen and oxygen atoms in total. The number of methoxy groups -OCH3 is 1. The van der Waals surface area contributed by atoms with E-state index >= 15 is 0 Å². The number of rotatable bonds is 3. The third-order valence-corrected chi connectivity index (χ3v) is 4.50. The number of nitrogens with one attached hydrogen (secondary N) is 1. The van der Waals surface area contributed by atoms with E-state index in [1.807, 2.05) is 31.2 Å². The molecule has 0 bridgehead atoms. The molecule has 0 aliphatic rings. The van der Waals surface area contributed by atoms with Gasteiger partial charge in [-0.15, -0.1) is 0 Å². The summed E-state index contributed by atoms with van der Waals surface area (Å²) >= 11 is 7.47. The number of anilines is 1. The van der Waals surface area contributed by atoms with Crippen LogP contribution in [0.4, 0.5) is 5.13 Å². The van der Waals surface area contributed by atoms with Gasteiger partial charge in [-0.05, 0) is 24.6 Å². The average molecular weight is 333 g/mol. The summed E-state index contributed by atoms with van der Waals surface area (Å²) in [5.41, 5.74) is 2.29. The van der Waals surface area contributed by atoms with Gasteiger partial charge in [0.1, 0.15) is 5.75 Å². The van der Waals surface area contributed by atoms with Crippen molar-refractivity contribution < 1.29 is 9.53 Å². The van der Waals surface area contributed by atoms with Gasteiger partial charge in [0, 0.05) is 11.6 Å². The van der Waals surface area contributed by atoms with Crippen LogP contribution in [0.15, 0.2) is 36.4 Å². The normalized spacial score (nSPS) is 10.7. The molecule has 0 atom stereocenters. The Bertz CT molecular complexity index is 860. The molecule has 0 radical (unpaired) electrons. The molecular weight excluding hydrogens is 320 g/mol. The number of amides is 1. The molecular formula is C16H13ClN2O2S. The van der Waals surface area contributed by atoms with Crippen LogP contribution < -0.4 is 10.1 Å². The Kier molecular flexibility index (Phi) is 4.00. The molecule has 1 heterocycles. The molecule has 6 heteroatoms. The van der Waals surface area contributed by atoms with Gasteiger partial charge in [0.25, 0.3) is 5.91 Å². The highest BCUT2D eigenvalue weighted by atomic mass is 35.5. The average Bonchev–Trinajstić information content (AvgIpc) is 2.87. The second-order valence-electron chi connectivity index (χ2n) is 4.74. The number of aryl methyl sites for hydroxylation is 1. The fourth-order valence-electron chi connectivity index (χ4n) is 2.13. The molecule has 1 aromatic heterocycles. The quantitative estimate of drug-likeness (QED) is 0.767. The summed E-state index contributed by atoms with van der Waals surface area (Å²) in [5, 5.41) is 3.86. The second-order valence-corrected chi connectivity index (χ2v) is 6.18. The smallest absolute Gasteiger partial charge is 0.257 e. The molecule has 3 aromatic rings. The lowest BCUT2D eigenvalue weighted by Gasteiger charge is -2.04. The van der Waals surface area contributed by atoms with E-state index < -0.39 is 0 Å². The van der Waals surface area contributed by atoms with Crippen LogP contribution >= 0.6 is 22.9 Å². The molecule has 22 heavy (non-hydrogen) atoms. The number of carbonyl (C=O) groups excluding carboxylic acids is 1. The van der Waals surface area contributed by atoms with E-state index in [4.69, 9.17) is 16.3 Å². The Morgan fingerprint density at radius 2 is 2.09 bits per heavy atom. The first kappa shape index (κ1) is 14.8. The maximum Gasteiger partial charge on any atom is 0.257 e. The van der Waals surface area contributed by atoms with Gasteiger partial charge in [-0.1, -0.05) is 41.1 Å². The number of thiazole rings is 1. The van der Waals surface area contributed by atoms with E-state index in [1.165, 1.54) is 11.3 Å². The van der Waals surface area contributed by atoms with Crippen LogP contribution in [0, 0.1) is 6.92 Å². The molecule has 0 spiro atoms. The highest BCUT2D eigenvalue weighted by Crippen LogP contribution is 2.34. The molecule has 1 N–H and O–H groups in total. The summed E-state index contributed by atoms with van der Waals surface area (Å²) < 4.78 is 6.09. The number of fused-ring (bicyclic) bond motifs is 1. The molecule has 0 aliphatic carbocycles. The van der Waals surface area contributed by atoms with Crippen molar-refractivity contribution in [2.24, 2.45) is 0 Å². The lowest BCUT2D eigenvalue weighted by molar-refractivity contribution is 0.102. The number of halogens is 1. The standard InChI is InChI=1S/C16H13ClN2O2S/c1-9-5-3-4-6-10(9)15(20)19-16-18-12-7-11(17)13(21-2)8-14(12)22-16/h3-8H,1-2H3,(H,18,19,20). The lowest BCUT2D eigenvalue weighted by atomic mass is 10.1. The van der Waals surface area contributed by atoms with Crippen LogP contribution in [0.1, 0.15) is 15.9 Å². The Hall–Kier alpha value is -2.11. The predicted octanol–water partition coefficient (Wildman–Crippen LogP) is 4.52. The van der Waals surface area contributed by atoms with E-state index in [0.717, 1.165) is 15.8 Å². The summed E-state index contributed by atoms with van der Waals surface area (Å²) in [6, 6.07) is 11.0. The zero-order valence-corrected chi connectivity index (χ0v) is 13.6. The second kappa shape index (κ2) is 5.94. The predicted molar refractivity (Wildman–Crippen MR) is 90.3 cm³/mol. The van der Waals surface area contributed by atoms with Crippen molar-refractivity contribution in [1.82, 2.24) is 4.98 Å². The van der Waals surface area contributed by atoms with Crippen molar-refractivity contribution in [3.05, 3.63) is 52.5 Å². The van der Waals surface area contributed by atoms with Gasteiger partial charge in [-0.2, -0.15) is 0 Å². The Balaban J connectivity index is 1.91. The third-order valence-electron chi connectivity index (χ3n) is 3.27. The number of benzene rings is 2. The number of nitrogens with zero attached hydrogens (tertiary/aromatic N) is 1. The fraction of sp³-hybridized carbons (Fsp3) is 0.125. The van der Waals surface area contributed by atoms with Gasteiger partial charge in [-0.25, -0.2) is 4.98 Å². The Morgan fingerprint density at radius 1 is 1.32 bits per heavy atom. The Labute approximate surface area is 136 Å². The minimum absolute atomic E-state index is 0.171. The van der Waals surface area contributed by atoms with Gasteiger partial charge >= 0.3 is 0 Å². The minimum Gasteiger partial charge on any atom is -0.495 e. The van der Waals surface area contributed by atoms with Crippen molar-refractivity contribution in [3.63, 3.8) is 0 Å². The summed E-state index contributed by atoms with van der Waals surface area (Å²) in [6.07, 6.45) is 0. The van der Waals surface area contributed by atoms with Crippen molar-refractivity contribution in [1.29, 1.82) is 0 Å². The van der Waals surface area contributed by atoms with Crippen LogP contribution in [0.5, 0.6) is 5.75 Å². The van der Waals surface area contributed by atoms with E-state index in [1.54, 1.807) is 19.2 Å². The molecule has 0 fully saturated rings. The first-order chi connectivity index (χ1) is 10.6. The topological polar surface area (TPSA) is 51.2 Å². The van der Waals surface area contributed by atoms with Crippen LogP contribution in [-0.2, 0) is 0 Å². The monoisotopic (exact) mass is 332 g/mol. The lowest BCUT2D eigenvalue weighted by Crippen LogP contribution is -2.12. The van der Waals surface area contributed by atoms with Gasteiger partial charge in [0.15, 0.2) is 5.13 Å². The van der Waals surface area contributed by atoms with Crippen molar-refractivity contribution in [2.75, 3.05) is 12.4 Å². The minimum atomic E-state index is -0.171. The first-order valence-electron chi connectivity index (χ1n) is 6.59. The van der Waals surface area contributed by atoms with Gasteiger partial charge in [0.05, 0.1) is 22.3 Å². The molecule has 0 unspecified atom stereocenters. The summed E-state index contributed by atoms with van der Waals surface area (Å²) in [4.78, 5) is 16.7. The molecule has 112 valence electrons. The maximum absolute atomic E-state index is 12.3. The largest absolute Gasteiger partial charge is 0.495 e. The van der Waals surface area contributed by atoms with E-state index in [9.17, 15) is 4.79 Å². The molecule has 1 amide bonds. The molecule has 2 aromatic carbocycles. The first-order valence-corrected chi connectivity index (χ1v) is 7.79. The van der Waals surface area contributed by atoms with Crippen LogP contribution in [0.3, 0.4) is 0 Å². The number of carbonyl (C=O) groups is 1. The zero-order chi connectivity index (χ0) is 15.7. The number of ether oxygens (including phenoxy) is 1. The summed E-state index contributed by atoms with van der Waals surface area (Å²) in [5.74, 6) is 0.421. The third kappa shape index (κ3) is 2.77. The molecule has 0 saturated carbocycles. The SMILES string of the molecule is COc1cc2sc(NC(=O)c3ccccc3C)nc2cc1Cl. The Morgan fingerprint density at radius 3 is 2.82 bits per heavy atom. The van der Waals surface area contributed by atoms with Crippen LogP contribution in [-0.4, -0.2) is 18.0 Å². The highest BCUT2D eigenvalue weighted by molar-refractivity contribution is 7.22. The summed E-state index contributed by atoms with van der Waals surface area (Å²) in [7, 11) is 1.56. The van der Waals surface area contributed by atoms with E-state index in [2.05, 4.69) is 10.3 Å². The number of hydrogen-bond acceptors (Lipinski definition) is 4. The van der Waals surface area contributed by atoms with Gasteiger partial charge in [-0.3, -0.25) is 10.1 Å². The van der Waals surface area contributed by atoms with Crippen molar-refractivity contribution in [3.8, 4) is 5.75 Å². The van der Waals surface area contributed by atoms with E-state index in [0.29, 0.717) is 21.5 Å². The molecule has 3 rings (SSSR count).